The summed E-state index contributed by atoms with van der Waals surface area (Å²) >= 11 is 0. The summed E-state index contributed by atoms with van der Waals surface area (Å²) in [4.78, 5) is 8.24. The van der Waals surface area contributed by atoms with Gasteiger partial charge in [0.2, 0.25) is 0 Å². The Morgan fingerprint density at radius 2 is 1.93 bits per heavy atom. The lowest BCUT2D eigenvalue weighted by molar-refractivity contribution is 1.06. The normalized spacial score (nSPS) is 12.7. The lowest BCUT2D eigenvalue weighted by Crippen LogP contribution is -2.21. The molecule has 0 radical (unpaired) electrons. The van der Waals surface area contributed by atoms with Crippen molar-refractivity contribution in [3.8, 4) is 22.6 Å². The minimum Gasteiger partial charge on any atom is -0.337 e. The summed E-state index contributed by atoms with van der Waals surface area (Å²) in [5.74, 6) is 0.699. The SMILES string of the molecule is C=c1c(-c2nc3c(-c4ccccc4)cccc3[nH]2)n[nH]/c1=C/C=C(\C)c1cn[nH]c1. The summed E-state index contributed by atoms with van der Waals surface area (Å²) in [6, 6.07) is 16.4. The van der Waals surface area contributed by atoms with Gasteiger partial charge in [0.25, 0.3) is 0 Å². The Balaban J connectivity index is 1.57. The average molecular weight is 392 g/mol. The summed E-state index contributed by atoms with van der Waals surface area (Å²) in [6.45, 7) is 6.25. The van der Waals surface area contributed by atoms with Crippen LogP contribution in [0.15, 0.2) is 67.0 Å². The van der Waals surface area contributed by atoms with Crippen molar-refractivity contribution in [1.82, 2.24) is 30.4 Å². The first kappa shape index (κ1) is 17.9. The van der Waals surface area contributed by atoms with E-state index in [2.05, 4.69) is 50.2 Å². The van der Waals surface area contributed by atoms with Crippen molar-refractivity contribution in [2.24, 2.45) is 0 Å². The highest BCUT2D eigenvalue weighted by atomic mass is 15.1. The molecule has 5 rings (SSSR count). The summed E-state index contributed by atoms with van der Waals surface area (Å²) in [5, 5.41) is 16.0. The third-order valence-electron chi connectivity index (χ3n) is 5.17. The first-order chi connectivity index (χ1) is 14.7. The van der Waals surface area contributed by atoms with E-state index >= 15 is 0 Å². The van der Waals surface area contributed by atoms with Gasteiger partial charge >= 0.3 is 0 Å². The maximum Gasteiger partial charge on any atom is 0.159 e. The summed E-state index contributed by atoms with van der Waals surface area (Å²) in [6.07, 6.45) is 7.64. The predicted octanol–water partition coefficient (Wildman–Crippen LogP) is 3.64. The van der Waals surface area contributed by atoms with Crippen molar-refractivity contribution >= 4 is 29.3 Å². The number of hydrogen-bond donors (Lipinski definition) is 3. The molecule has 0 spiro atoms. The second kappa shape index (κ2) is 7.33. The van der Waals surface area contributed by atoms with Gasteiger partial charge in [-0.2, -0.15) is 10.2 Å². The van der Waals surface area contributed by atoms with Crippen molar-refractivity contribution in [3.63, 3.8) is 0 Å². The zero-order valence-electron chi connectivity index (χ0n) is 16.5. The number of aromatic nitrogens is 6. The van der Waals surface area contributed by atoms with Crippen LogP contribution in [0.3, 0.4) is 0 Å². The molecule has 6 nitrogen and oxygen atoms in total. The number of imidazole rings is 1. The number of nitrogens with one attached hydrogen (secondary N) is 3. The van der Waals surface area contributed by atoms with E-state index < -0.39 is 0 Å². The Kier molecular flexibility index (Phi) is 4.37. The van der Waals surface area contributed by atoms with E-state index in [1.54, 1.807) is 6.20 Å². The van der Waals surface area contributed by atoms with Gasteiger partial charge in [-0.25, -0.2) is 4.98 Å². The van der Waals surface area contributed by atoms with Gasteiger partial charge in [-0.1, -0.05) is 55.1 Å². The zero-order valence-corrected chi connectivity index (χ0v) is 16.5. The van der Waals surface area contributed by atoms with Crippen LogP contribution in [0, 0.1) is 0 Å². The molecule has 6 heteroatoms. The highest BCUT2D eigenvalue weighted by Crippen LogP contribution is 2.28. The van der Waals surface area contributed by atoms with E-state index in [1.165, 1.54) is 0 Å². The highest BCUT2D eigenvalue weighted by molar-refractivity contribution is 5.93. The van der Waals surface area contributed by atoms with Gasteiger partial charge in [0, 0.05) is 22.5 Å². The molecule has 0 atom stereocenters. The number of H-pyrrole nitrogens is 3. The number of rotatable bonds is 4. The second-order valence-electron chi connectivity index (χ2n) is 7.12. The molecule has 0 unspecified atom stereocenters. The molecule has 0 aliphatic carbocycles. The van der Waals surface area contributed by atoms with E-state index in [1.807, 2.05) is 55.6 Å². The number of aromatic amines is 3. The quantitative estimate of drug-likeness (QED) is 0.436. The predicted molar refractivity (Wildman–Crippen MR) is 121 cm³/mol. The topological polar surface area (TPSA) is 86.0 Å². The third kappa shape index (κ3) is 3.14. The number of nitrogens with zero attached hydrogens (tertiary/aromatic N) is 3. The van der Waals surface area contributed by atoms with Crippen molar-refractivity contribution < 1.29 is 0 Å². The van der Waals surface area contributed by atoms with Gasteiger partial charge in [-0.3, -0.25) is 10.2 Å². The molecule has 0 fully saturated rings. The molecule has 2 aromatic carbocycles. The second-order valence-corrected chi connectivity index (χ2v) is 7.12. The van der Waals surface area contributed by atoms with Gasteiger partial charge in [-0.15, -0.1) is 0 Å². The molecule has 0 bridgehead atoms. The van der Waals surface area contributed by atoms with Gasteiger partial charge in [0.1, 0.15) is 5.69 Å². The molecule has 3 heterocycles. The smallest absolute Gasteiger partial charge is 0.159 e. The van der Waals surface area contributed by atoms with Crippen LogP contribution in [-0.2, 0) is 0 Å². The van der Waals surface area contributed by atoms with E-state index in [0.717, 1.165) is 43.9 Å². The molecule has 5 aromatic rings. The maximum absolute atomic E-state index is 4.85. The minimum atomic E-state index is 0.699. The fourth-order valence-electron chi connectivity index (χ4n) is 3.48. The molecule has 3 N–H and O–H groups in total. The zero-order chi connectivity index (χ0) is 20.5. The lowest BCUT2D eigenvalue weighted by Gasteiger charge is -2.01. The van der Waals surface area contributed by atoms with Gasteiger partial charge in [0.05, 0.1) is 22.6 Å². The molecule has 3 aromatic heterocycles. The van der Waals surface area contributed by atoms with Crippen molar-refractivity contribution in [3.05, 3.63) is 83.1 Å². The molecule has 0 amide bonds. The number of benzene rings is 2. The van der Waals surface area contributed by atoms with E-state index in [-0.39, 0.29) is 0 Å². The molecule has 0 aliphatic heterocycles. The molecule has 30 heavy (non-hydrogen) atoms. The van der Waals surface area contributed by atoms with Crippen LogP contribution in [0.1, 0.15) is 12.5 Å². The van der Waals surface area contributed by atoms with Crippen LogP contribution in [0.5, 0.6) is 0 Å². The fourth-order valence-corrected chi connectivity index (χ4v) is 3.48. The van der Waals surface area contributed by atoms with Crippen LogP contribution >= 0.6 is 0 Å². The monoisotopic (exact) mass is 392 g/mol. The Morgan fingerprint density at radius 3 is 2.73 bits per heavy atom. The Labute approximate surface area is 172 Å². The Bertz CT molecular complexity index is 1450. The van der Waals surface area contributed by atoms with Crippen LogP contribution < -0.4 is 10.6 Å². The van der Waals surface area contributed by atoms with Gasteiger partial charge in [0.15, 0.2) is 5.82 Å². The summed E-state index contributed by atoms with van der Waals surface area (Å²) in [7, 11) is 0. The first-order valence-corrected chi connectivity index (χ1v) is 9.66. The molecule has 0 aliphatic rings. The van der Waals surface area contributed by atoms with Crippen molar-refractivity contribution in [1.29, 1.82) is 0 Å². The molecular formula is C24H20N6. The number of hydrogen-bond acceptors (Lipinski definition) is 3. The molecule has 146 valence electrons. The average Bonchev–Trinajstić information content (AvgIpc) is 3.52. The molecular weight excluding hydrogens is 372 g/mol. The highest BCUT2D eigenvalue weighted by Gasteiger charge is 2.12. The van der Waals surface area contributed by atoms with Crippen LogP contribution in [-0.4, -0.2) is 30.4 Å². The van der Waals surface area contributed by atoms with E-state index in [0.29, 0.717) is 11.5 Å². The Hall–Kier alpha value is -4.19. The molecule has 0 saturated carbocycles. The third-order valence-corrected chi connectivity index (χ3v) is 5.17. The lowest BCUT2D eigenvalue weighted by atomic mass is 10.0. The largest absolute Gasteiger partial charge is 0.337 e. The van der Waals surface area contributed by atoms with Gasteiger partial charge < -0.3 is 4.98 Å². The number of para-hydroxylation sites is 1. The summed E-state index contributed by atoms with van der Waals surface area (Å²) in [5.41, 5.74) is 6.95. The Morgan fingerprint density at radius 1 is 1.07 bits per heavy atom. The van der Waals surface area contributed by atoms with Crippen LogP contribution in [0.2, 0.25) is 0 Å². The maximum atomic E-state index is 4.85. The van der Waals surface area contributed by atoms with E-state index in [9.17, 15) is 0 Å². The summed E-state index contributed by atoms with van der Waals surface area (Å²) < 4.78 is 0. The first-order valence-electron chi connectivity index (χ1n) is 9.66. The fraction of sp³-hybridized carbons (Fsp3) is 0.0417. The minimum absolute atomic E-state index is 0.699. The van der Waals surface area contributed by atoms with Gasteiger partial charge in [-0.05, 0) is 30.2 Å². The standard InChI is InChI=1S/C24H20N6/c1-15(18-13-25-26-14-18)11-12-20-16(2)22(30-29-20)24-27-21-10-6-9-19(23(21)28-24)17-7-4-3-5-8-17/h3-14,29H,2H2,1H3,(H,25,26)(H,27,28)/b15-11+,20-12+. The van der Waals surface area contributed by atoms with Crippen molar-refractivity contribution in [2.75, 3.05) is 0 Å². The van der Waals surface area contributed by atoms with E-state index in [4.69, 9.17) is 4.98 Å². The van der Waals surface area contributed by atoms with Crippen LogP contribution in [0.25, 0.3) is 51.9 Å². The van der Waals surface area contributed by atoms with Crippen molar-refractivity contribution in [2.45, 2.75) is 6.92 Å². The molecule has 0 saturated heterocycles. The van der Waals surface area contributed by atoms with Crippen LogP contribution in [0.4, 0.5) is 0 Å². The number of allylic oxidation sites excluding steroid dienone is 2. The number of fused-ring (bicyclic) bond motifs is 1.